The molecule has 2 aliphatic heterocycles. The number of fused-ring (bicyclic) bond motifs is 1. The van der Waals surface area contributed by atoms with Gasteiger partial charge in [-0.05, 0) is 49.1 Å². The second-order valence-electron chi connectivity index (χ2n) is 10.1. The normalized spacial score (nSPS) is 23.5. The van der Waals surface area contributed by atoms with Crippen LogP contribution in [0.15, 0.2) is 0 Å². The van der Waals surface area contributed by atoms with Gasteiger partial charge in [0, 0.05) is 45.8 Å². The van der Waals surface area contributed by atoms with E-state index in [4.69, 9.17) is 9.72 Å². The zero-order valence-corrected chi connectivity index (χ0v) is 20.8. The van der Waals surface area contributed by atoms with Gasteiger partial charge < -0.3 is 14.5 Å². The number of nitrogens with zero attached hydrogens (tertiary/aromatic N) is 5. The maximum atomic E-state index is 12.8. The Balaban J connectivity index is 1.47. The number of amides is 1. The molecule has 1 amide bonds. The maximum Gasteiger partial charge on any atom is 0.225 e. The number of rotatable bonds is 7. The summed E-state index contributed by atoms with van der Waals surface area (Å²) in [4.78, 5) is 22.1. The van der Waals surface area contributed by atoms with Gasteiger partial charge in [0.15, 0.2) is 0 Å². The Hall–Kier alpha value is -2.22. The molecule has 2 aliphatic carbocycles. The number of carbonyl (C=O) groups excluding carboxylic acids is 1. The number of hydrogen-bond donors (Lipinski definition) is 0. The summed E-state index contributed by atoms with van der Waals surface area (Å²) in [6, 6.07) is 2.55. The van der Waals surface area contributed by atoms with Gasteiger partial charge in [-0.3, -0.25) is 4.79 Å². The van der Waals surface area contributed by atoms with Gasteiger partial charge in [-0.1, -0.05) is 0 Å². The van der Waals surface area contributed by atoms with Crippen molar-refractivity contribution in [2.75, 3.05) is 51.1 Å². The largest absolute Gasteiger partial charge is 0.384 e. The van der Waals surface area contributed by atoms with Crippen molar-refractivity contribution in [2.45, 2.75) is 57.0 Å². The van der Waals surface area contributed by atoms with Crippen LogP contribution >= 0.6 is 0 Å². The highest BCUT2D eigenvalue weighted by atomic mass is 32.2. The quantitative estimate of drug-likeness (QED) is 0.575. The van der Waals surface area contributed by atoms with E-state index < -0.39 is 10.0 Å². The minimum absolute atomic E-state index is 0.132. The van der Waals surface area contributed by atoms with Gasteiger partial charge in [-0.15, -0.1) is 0 Å². The molecule has 1 saturated heterocycles. The third kappa shape index (κ3) is 4.53. The molecule has 0 aromatic carbocycles. The van der Waals surface area contributed by atoms with Crippen LogP contribution in [0.2, 0.25) is 0 Å². The van der Waals surface area contributed by atoms with E-state index in [0.29, 0.717) is 69.6 Å². The predicted octanol–water partition coefficient (Wildman–Crippen LogP) is 1.61. The first-order chi connectivity index (χ1) is 16.3. The van der Waals surface area contributed by atoms with E-state index in [9.17, 15) is 18.5 Å². The fourth-order valence-corrected chi connectivity index (χ4v) is 6.26. The second kappa shape index (κ2) is 9.10. The lowest BCUT2D eigenvalue weighted by atomic mass is 9.93. The lowest BCUT2D eigenvalue weighted by Gasteiger charge is -2.43. The predicted molar refractivity (Wildman–Crippen MR) is 127 cm³/mol. The van der Waals surface area contributed by atoms with Crippen molar-refractivity contribution >= 4 is 21.7 Å². The van der Waals surface area contributed by atoms with Crippen LogP contribution in [0.3, 0.4) is 0 Å². The summed E-state index contributed by atoms with van der Waals surface area (Å²) in [6.07, 6.45) is 6.53. The molecule has 1 aromatic rings. The lowest BCUT2D eigenvalue weighted by molar-refractivity contribution is -0.135. The zero-order chi connectivity index (χ0) is 24.0. The first-order valence-electron chi connectivity index (χ1n) is 12.3. The zero-order valence-electron chi connectivity index (χ0n) is 20.0. The second-order valence-corrected chi connectivity index (χ2v) is 12.0. The van der Waals surface area contributed by atoms with Crippen LogP contribution in [0.4, 0.5) is 5.82 Å². The van der Waals surface area contributed by atoms with E-state index in [1.807, 2.05) is 4.90 Å². The molecule has 5 rings (SSSR count). The first kappa shape index (κ1) is 23.5. The molecule has 9 nitrogen and oxygen atoms in total. The SMILES string of the molecule is COCCC(=O)N1CCN(c2nc(C3CC3)c3c(c2C#N)CCN(S(C)(=O)=O)C3)CC1C1CC1. The van der Waals surface area contributed by atoms with E-state index in [1.165, 1.54) is 10.6 Å². The Kier molecular flexibility index (Phi) is 6.29. The summed E-state index contributed by atoms with van der Waals surface area (Å²) in [5.74, 6) is 1.71. The lowest BCUT2D eigenvalue weighted by Crippen LogP contribution is -2.56. The third-order valence-electron chi connectivity index (χ3n) is 7.64. The van der Waals surface area contributed by atoms with Crippen LogP contribution in [-0.2, 0) is 32.5 Å². The molecule has 1 atom stereocenters. The topological polar surface area (TPSA) is 107 Å². The molecular weight excluding hydrogens is 454 g/mol. The molecule has 3 fully saturated rings. The Morgan fingerprint density at radius 3 is 2.56 bits per heavy atom. The summed E-state index contributed by atoms with van der Waals surface area (Å²) in [5.41, 5.74) is 3.46. The number of nitriles is 1. The molecule has 0 spiro atoms. The van der Waals surface area contributed by atoms with E-state index >= 15 is 0 Å². The molecule has 1 unspecified atom stereocenters. The Morgan fingerprint density at radius 2 is 1.94 bits per heavy atom. The minimum Gasteiger partial charge on any atom is -0.384 e. The molecular formula is C24H33N5O4S. The minimum atomic E-state index is -3.31. The number of piperazine rings is 1. The average molecular weight is 488 g/mol. The molecule has 184 valence electrons. The highest BCUT2D eigenvalue weighted by Gasteiger charge is 2.42. The van der Waals surface area contributed by atoms with E-state index in [0.717, 1.165) is 48.3 Å². The molecule has 34 heavy (non-hydrogen) atoms. The number of methoxy groups -OCH3 is 1. The smallest absolute Gasteiger partial charge is 0.225 e. The number of pyridine rings is 1. The van der Waals surface area contributed by atoms with Gasteiger partial charge >= 0.3 is 0 Å². The highest BCUT2D eigenvalue weighted by molar-refractivity contribution is 7.88. The number of anilines is 1. The maximum absolute atomic E-state index is 12.8. The van der Waals surface area contributed by atoms with Gasteiger partial charge in [0.2, 0.25) is 15.9 Å². The first-order valence-corrected chi connectivity index (χ1v) is 14.1. The number of aromatic nitrogens is 1. The number of carbonyl (C=O) groups is 1. The van der Waals surface area contributed by atoms with E-state index in [-0.39, 0.29) is 11.9 Å². The van der Waals surface area contributed by atoms with Crippen LogP contribution < -0.4 is 4.90 Å². The number of ether oxygens (including phenoxy) is 1. The van der Waals surface area contributed by atoms with Crippen molar-refractivity contribution in [1.82, 2.24) is 14.2 Å². The van der Waals surface area contributed by atoms with Crippen molar-refractivity contribution in [3.05, 3.63) is 22.4 Å². The molecule has 10 heteroatoms. The van der Waals surface area contributed by atoms with E-state index in [2.05, 4.69) is 11.0 Å². The van der Waals surface area contributed by atoms with Crippen molar-refractivity contribution in [1.29, 1.82) is 5.26 Å². The molecule has 3 heterocycles. The molecule has 0 N–H and O–H groups in total. The standard InChI is InChI=1S/C24H33N5O4S/c1-33-12-8-22(30)29-11-10-27(15-21(29)16-3-4-16)24-19(13-25)18-7-9-28(34(2,31)32)14-20(18)23(26-24)17-5-6-17/h16-17,21H,3-12,14-15H2,1-2H3. The molecule has 0 bridgehead atoms. The Morgan fingerprint density at radius 1 is 1.18 bits per heavy atom. The van der Waals surface area contributed by atoms with E-state index in [1.54, 1.807) is 7.11 Å². The van der Waals surface area contributed by atoms with Crippen molar-refractivity contribution in [3.8, 4) is 6.07 Å². The summed E-state index contributed by atoms with van der Waals surface area (Å²) in [5, 5.41) is 10.2. The Bertz CT molecular complexity index is 1120. The van der Waals surface area contributed by atoms with Crippen molar-refractivity contribution < 1.29 is 17.9 Å². The molecule has 0 radical (unpaired) electrons. The van der Waals surface area contributed by atoms with Crippen LogP contribution in [0.25, 0.3) is 0 Å². The third-order valence-corrected chi connectivity index (χ3v) is 8.89. The van der Waals surface area contributed by atoms with Crippen molar-refractivity contribution in [2.24, 2.45) is 5.92 Å². The average Bonchev–Trinajstić information content (AvgIpc) is 3.73. The highest BCUT2D eigenvalue weighted by Crippen LogP contribution is 2.45. The Labute approximate surface area is 201 Å². The summed E-state index contributed by atoms with van der Waals surface area (Å²) >= 11 is 0. The monoisotopic (exact) mass is 487 g/mol. The van der Waals surface area contributed by atoms with Gasteiger partial charge in [0.05, 0.1) is 36.6 Å². The molecule has 2 saturated carbocycles. The van der Waals surface area contributed by atoms with Crippen molar-refractivity contribution in [3.63, 3.8) is 0 Å². The molecule has 4 aliphatic rings. The van der Waals surface area contributed by atoms with Crippen LogP contribution in [0.1, 0.15) is 60.4 Å². The van der Waals surface area contributed by atoms with Gasteiger partial charge in [-0.25, -0.2) is 13.4 Å². The summed E-state index contributed by atoms with van der Waals surface area (Å²) in [7, 11) is -1.69. The number of hydrogen-bond acceptors (Lipinski definition) is 7. The summed E-state index contributed by atoms with van der Waals surface area (Å²) in [6.45, 7) is 3.06. The van der Waals surface area contributed by atoms with Gasteiger partial charge in [0.25, 0.3) is 0 Å². The summed E-state index contributed by atoms with van der Waals surface area (Å²) < 4.78 is 31.0. The fraction of sp³-hybridized carbons (Fsp3) is 0.708. The molecule has 1 aromatic heterocycles. The fourth-order valence-electron chi connectivity index (χ4n) is 5.48. The van der Waals surface area contributed by atoms with Crippen LogP contribution in [0, 0.1) is 17.2 Å². The van der Waals surface area contributed by atoms with Crippen LogP contribution in [0.5, 0.6) is 0 Å². The van der Waals surface area contributed by atoms with Gasteiger partial charge in [0.1, 0.15) is 11.9 Å². The van der Waals surface area contributed by atoms with Gasteiger partial charge in [-0.2, -0.15) is 9.57 Å². The number of sulfonamides is 1. The van der Waals surface area contributed by atoms with Crippen LogP contribution in [-0.4, -0.2) is 80.7 Å².